The zero-order valence-corrected chi connectivity index (χ0v) is 18.7. The summed E-state index contributed by atoms with van der Waals surface area (Å²) < 4.78 is 4.94. The minimum atomic E-state index is -0.927. The van der Waals surface area contributed by atoms with Gasteiger partial charge >= 0.3 is 5.97 Å². The van der Waals surface area contributed by atoms with Gasteiger partial charge in [0.1, 0.15) is 17.8 Å². The quantitative estimate of drug-likeness (QED) is 0.436. The Morgan fingerprint density at radius 1 is 1.12 bits per heavy atom. The fourth-order valence-electron chi connectivity index (χ4n) is 3.94. The molecule has 2 heterocycles. The Labute approximate surface area is 192 Å². The number of aromatic amines is 1. The third-order valence-corrected chi connectivity index (χ3v) is 6.07. The van der Waals surface area contributed by atoms with Crippen molar-refractivity contribution >= 4 is 28.7 Å². The van der Waals surface area contributed by atoms with Gasteiger partial charge in [-0.1, -0.05) is 44.0 Å². The molecule has 0 bridgehead atoms. The van der Waals surface area contributed by atoms with Crippen molar-refractivity contribution < 1.29 is 19.1 Å². The number of nitrogens with zero attached hydrogens (tertiary/aromatic N) is 1. The summed E-state index contributed by atoms with van der Waals surface area (Å²) >= 11 is 0. The molecule has 1 fully saturated rings. The summed E-state index contributed by atoms with van der Waals surface area (Å²) in [6, 6.07) is 13.1. The second-order valence-electron chi connectivity index (χ2n) is 8.53. The molecule has 2 aromatic heterocycles. The molecule has 1 aliphatic carbocycles. The number of rotatable bonds is 9. The van der Waals surface area contributed by atoms with Gasteiger partial charge in [0.2, 0.25) is 5.91 Å². The highest BCUT2D eigenvalue weighted by Gasteiger charge is 2.35. The highest BCUT2D eigenvalue weighted by atomic mass is 16.5. The van der Waals surface area contributed by atoms with Gasteiger partial charge in [-0.2, -0.15) is 0 Å². The van der Waals surface area contributed by atoms with E-state index in [-0.39, 0.29) is 5.91 Å². The fourth-order valence-corrected chi connectivity index (χ4v) is 3.94. The Morgan fingerprint density at radius 3 is 2.55 bits per heavy atom. The Balaban J connectivity index is 1.50. The molecule has 0 aliphatic heterocycles. The Bertz CT molecular complexity index is 1110. The number of H-pyrrole nitrogens is 1. The average molecular weight is 449 g/mol. The number of hydrogen-bond donors (Lipinski definition) is 3. The van der Waals surface area contributed by atoms with E-state index in [0.717, 1.165) is 23.7 Å². The first-order valence-corrected chi connectivity index (χ1v) is 11.1. The van der Waals surface area contributed by atoms with E-state index in [2.05, 4.69) is 20.6 Å². The molecule has 8 nitrogen and oxygen atoms in total. The standard InChI is InChI=1S/C25H28N4O4/c1-15(18-8-5-6-12-26-18)22(25(32)33-2)29-24(31)20(13-16-10-11-16)28-23(30)21-14-17-7-3-4-9-19(17)27-21/h3-9,12,14-16,20,22,27H,10-11,13H2,1-2H3,(H,28,30)(H,29,31)/t15?,20-,22?/m0/s1. The molecule has 2 amide bonds. The second-order valence-corrected chi connectivity index (χ2v) is 8.53. The number of esters is 1. The second kappa shape index (κ2) is 9.85. The number of methoxy groups -OCH3 is 1. The summed E-state index contributed by atoms with van der Waals surface area (Å²) in [6.45, 7) is 1.81. The van der Waals surface area contributed by atoms with Crippen LogP contribution in [0.4, 0.5) is 0 Å². The number of amides is 2. The van der Waals surface area contributed by atoms with Crippen molar-refractivity contribution in [1.82, 2.24) is 20.6 Å². The summed E-state index contributed by atoms with van der Waals surface area (Å²) in [5.74, 6) is -1.36. The number of hydrogen-bond acceptors (Lipinski definition) is 5. The van der Waals surface area contributed by atoms with E-state index in [1.165, 1.54) is 7.11 Å². The first-order chi connectivity index (χ1) is 16.0. The van der Waals surface area contributed by atoms with Gasteiger partial charge in [0, 0.05) is 28.7 Å². The SMILES string of the molecule is COC(=O)C(NC(=O)[C@H](CC1CC1)NC(=O)c1cc2ccccc2[nH]1)C(C)c1ccccn1. The van der Waals surface area contributed by atoms with Gasteiger partial charge in [0.25, 0.3) is 5.91 Å². The number of nitrogens with one attached hydrogen (secondary N) is 3. The molecule has 3 atom stereocenters. The molecule has 33 heavy (non-hydrogen) atoms. The lowest BCUT2D eigenvalue weighted by molar-refractivity contribution is -0.146. The van der Waals surface area contributed by atoms with Gasteiger partial charge in [0.15, 0.2) is 0 Å². The van der Waals surface area contributed by atoms with Gasteiger partial charge in [0.05, 0.1) is 7.11 Å². The van der Waals surface area contributed by atoms with Crippen molar-refractivity contribution in [2.24, 2.45) is 5.92 Å². The van der Waals surface area contributed by atoms with Gasteiger partial charge in [-0.3, -0.25) is 14.6 Å². The summed E-state index contributed by atoms with van der Waals surface area (Å²) in [7, 11) is 1.28. The van der Waals surface area contributed by atoms with Crippen LogP contribution in [0.3, 0.4) is 0 Å². The zero-order chi connectivity index (χ0) is 23.4. The molecule has 4 rings (SSSR count). The van der Waals surface area contributed by atoms with E-state index in [1.54, 1.807) is 24.4 Å². The third kappa shape index (κ3) is 5.39. The predicted octanol–water partition coefficient (Wildman–Crippen LogP) is 2.92. The topological polar surface area (TPSA) is 113 Å². The van der Waals surface area contributed by atoms with Gasteiger partial charge in [-0.15, -0.1) is 0 Å². The minimum absolute atomic E-state index is 0.362. The Morgan fingerprint density at radius 2 is 1.88 bits per heavy atom. The van der Waals surface area contributed by atoms with E-state index in [1.807, 2.05) is 37.3 Å². The van der Waals surface area contributed by atoms with Crippen LogP contribution in [0.15, 0.2) is 54.7 Å². The highest BCUT2D eigenvalue weighted by molar-refractivity contribution is 6.00. The van der Waals surface area contributed by atoms with Crippen molar-refractivity contribution in [3.05, 3.63) is 66.1 Å². The molecule has 172 valence electrons. The molecule has 0 radical (unpaired) electrons. The third-order valence-electron chi connectivity index (χ3n) is 6.07. The van der Waals surface area contributed by atoms with E-state index >= 15 is 0 Å². The van der Waals surface area contributed by atoms with Crippen molar-refractivity contribution in [2.45, 2.75) is 44.2 Å². The molecular formula is C25H28N4O4. The summed E-state index contributed by atoms with van der Waals surface area (Å²) in [6.07, 6.45) is 4.20. The first kappa shape index (κ1) is 22.5. The van der Waals surface area contributed by atoms with Crippen LogP contribution in [0, 0.1) is 5.92 Å². The molecule has 3 N–H and O–H groups in total. The maximum absolute atomic E-state index is 13.2. The van der Waals surface area contributed by atoms with Crippen LogP contribution in [0.2, 0.25) is 0 Å². The molecule has 8 heteroatoms. The van der Waals surface area contributed by atoms with Crippen molar-refractivity contribution in [1.29, 1.82) is 0 Å². The molecule has 0 saturated heterocycles. The van der Waals surface area contributed by atoms with Gasteiger partial charge < -0.3 is 20.4 Å². The molecule has 1 aromatic carbocycles. The lowest BCUT2D eigenvalue weighted by Crippen LogP contribution is -2.53. The molecule has 0 spiro atoms. The summed E-state index contributed by atoms with van der Waals surface area (Å²) in [5.41, 5.74) is 1.89. The number of benzene rings is 1. The van der Waals surface area contributed by atoms with Crippen LogP contribution in [0.1, 0.15) is 48.3 Å². The normalized spacial score (nSPS) is 15.9. The zero-order valence-electron chi connectivity index (χ0n) is 18.7. The van der Waals surface area contributed by atoms with Crippen molar-refractivity contribution in [2.75, 3.05) is 7.11 Å². The van der Waals surface area contributed by atoms with Crippen LogP contribution < -0.4 is 10.6 Å². The Kier molecular flexibility index (Phi) is 6.72. The molecule has 1 saturated carbocycles. The highest BCUT2D eigenvalue weighted by Crippen LogP contribution is 2.33. The lowest BCUT2D eigenvalue weighted by Gasteiger charge is -2.25. The minimum Gasteiger partial charge on any atom is -0.467 e. The number of para-hydroxylation sites is 1. The molecule has 3 aromatic rings. The molecule has 1 aliphatic rings. The fraction of sp³-hybridized carbons (Fsp3) is 0.360. The number of carbonyl (C=O) groups excluding carboxylic acids is 3. The van der Waals surface area contributed by atoms with Gasteiger partial charge in [-0.05, 0) is 36.6 Å². The number of ether oxygens (including phenoxy) is 1. The van der Waals surface area contributed by atoms with Crippen LogP contribution in [-0.2, 0) is 14.3 Å². The maximum Gasteiger partial charge on any atom is 0.329 e. The summed E-state index contributed by atoms with van der Waals surface area (Å²) in [4.78, 5) is 46.1. The smallest absolute Gasteiger partial charge is 0.329 e. The van der Waals surface area contributed by atoms with Crippen LogP contribution in [-0.4, -0.2) is 46.9 Å². The number of fused-ring (bicyclic) bond motifs is 1. The number of aromatic nitrogens is 2. The van der Waals surface area contributed by atoms with Crippen LogP contribution in [0.5, 0.6) is 0 Å². The molecular weight excluding hydrogens is 420 g/mol. The van der Waals surface area contributed by atoms with Crippen molar-refractivity contribution in [3.8, 4) is 0 Å². The van der Waals surface area contributed by atoms with Gasteiger partial charge in [-0.25, -0.2) is 4.79 Å². The number of carbonyl (C=O) groups is 3. The number of pyridine rings is 1. The van der Waals surface area contributed by atoms with Crippen LogP contribution in [0.25, 0.3) is 10.9 Å². The van der Waals surface area contributed by atoms with Crippen molar-refractivity contribution in [3.63, 3.8) is 0 Å². The monoisotopic (exact) mass is 448 g/mol. The predicted molar refractivity (Wildman–Crippen MR) is 123 cm³/mol. The van der Waals surface area contributed by atoms with Crippen LogP contribution >= 0.6 is 0 Å². The van der Waals surface area contributed by atoms with E-state index in [4.69, 9.17) is 4.74 Å². The van der Waals surface area contributed by atoms with E-state index in [9.17, 15) is 14.4 Å². The lowest BCUT2D eigenvalue weighted by atomic mass is 9.96. The first-order valence-electron chi connectivity index (χ1n) is 11.1. The largest absolute Gasteiger partial charge is 0.467 e. The summed E-state index contributed by atoms with van der Waals surface area (Å²) in [5, 5.41) is 6.58. The Hall–Kier alpha value is -3.68. The average Bonchev–Trinajstić information content (AvgIpc) is 3.55. The van der Waals surface area contributed by atoms with E-state index in [0.29, 0.717) is 23.7 Å². The van der Waals surface area contributed by atoms with E-state index < -0.39 is 29.9 Å². The molecule has 2 unspecified atom stereocenters. The maximum atomic E-state index is 13.2.